The molecule has 9 atom stereocenters. The van der Waals surface area contributed by atoms with Crippen molar-refractivity contribution >= 4 is 75.3 Å². The average molecular weight is 2010 g/mol. The van der Waals surface area contributed by atoms with Crippen LogP contribution in [-0.4, -0.2) is 248 Å². The Balaban J connectivity index is 0.000000276. The second-order valence-electron chi connectivity index (χ2n) is 31.4. The van der Waals surface area contributed by atoms with E-state index in [-0.39, 0.29) is 102 Å². The molecule has 0 aromatic heterocycles. The van der Waals surface area contributed by atoms with E-state index in [1.165, 1.54) is 29.4 Å². The topological polar surface area (TPSA) is 399 Å². The third-order valence-corrected chi connectivity index (χ3v) is 25.8. The number of benzene rings is 6. The molecule has 6 aliphatic heterocycles. The van der Waals surface area contributed by atoms with E-state index in [1.54, 1.807) is 41.5 Å². The monoisotopic (exact) mass is 2010 g/mol. The van der Waals surface area contributed by atoms with Crippen molar-refractivity contribution in [2.75, 3.05) is 59.5 Å². The summed E-state index contributed by atoms with van der Waals surface area (Å²) >= 11 is 5.17. The largest absolute Gasteiger partial charge is 1.00 e. The van der Waals surface area contributed by atoms with Gasteiger partial charge < -0.3 is 90.9 Å². The number of carbonyl (C=O) groups excluding carboxylic acids is 2. The summed E-state index contributed by atoms with van der Waals surface area (Å²) in [5, 5.41) is 8.10. The van der Waals surface area contributed by atoms with Crippen LogP contribution in [0.15, 0.2) is 211 Å². The van der Waals surface area contributed by atoms with Gasteiger partial charge in [-0.3, -0.25) is 9.11 Å². The molecule has 730 valence electrons. The van der Waals surface area contributed by atoms with Crippen molar-refractivity contribution in [1.29, 1.82) is 0 Å². The molecule has 5 N–H and O–H groups in total. The first-order valence-corrected chi connectivity index (χ1v) is 46.4. The molecule has 0 amide bonds. The van der Waals surface area contributed by atoms with E-state index in [9.17, 15) is 97.2 Å². The summed E-state index contributed by atoms with van der Waals surface area (Å²) in [5.41, 5.74) is -0.865. The Morgan fingerprint density at radius 3 is 0.855 bits per heavy atom. The molecule has 12 rings (SSSR count). The van der Waals surface area contributed by atoms with E-state index >= 15 is 0 Å². The van der Waals surface area contributed by atoms with E-state index < -0.39 is 180 Å². The molecule has 131 heavy (non-hydrogen) atoms. The molecule has 6 fully saturated rings. The van der Waals surface area contributed by atoms with Gasteiger partial charge in [0.05, 0.1) is 54.6 Å². The van der Waals surface area contributed by atoms with Gasteiger partial charge in [-0.25, -0.2) is 18.0 Å². The van der Waals surface area contributed by atoms with Crippen LogP contribution in [0.3, 0.4) is 0 Å². The first-order valence-electron chi connectivity index (χ1n) is 39.3. The summed E-state index contributed by atoms with van der Waals surface area (Å²) in [6.07, 6.45) is -10.9. The van der Waals surface area contributed by atoms with E-state index in [1.807, 2.05) is 41.5 Å². The molecule has 6 aromatic rings. The standard InChI is InChI=1S/2C18H15S.C16H24F4O10S.C12H19ClO6.C11H20O5.2C4H6F4O4S.Na/c2*1-4-10-16(11-5-1)19(17-12-6-2-7-13-17)18-14-8-3-9-15-18;1-13(2)27-8-10(28-13)11-9(29-14(3,4)30-11)7-26-12(21)25-6-5-15(17,18)16(19,20)31(22,23)24;1-11(2)16-6-8(17-11)9-7(5-15-10(13)14)18-12(3,4)19-9;1-10(2)13-6-8(15-10)9-7(5-12)14-11(3,4)16-9;2*5-3(6,1-2-9)4(7,8)13(10,11)12;/h2*1-15H;9-11H,5-8H2,1-4H3,(H,22,23,24);7-9H,5-6H2,1-4H3;7-9,12H,5-6H2,1-4H3;2*9H,1-2H2,(H,10,11,12);/q2*+1;;;;;;+1/p-1. The first-order chi connectivity index (χ1) is 59.9. The van der Waals surface area contributed by atoms with E-state index in [0.717, 1.165) is 0 Å². The van der Waals surface area contributed by atoms with Crippen molar-refractivity contribution in [3.63, 3.8) is 0 Å². The number of ether oxygens (including phenoxy) is 15. The van der Waals surface area contributed by atoms with Crippen molar-refractivity contribution in [2.45, 2.75) is 255 Å². The zero-order chi connectivity index (χ0) is 97.8. The van der Waals surface area contributed by atoms with Crippen LogP contribution in [0.5, 0.6) is 0 Å². The minimum atomic E-state index is -6.43. The Labute approximate surface area is 783 Å². The molecule has 6 saturated heterocycles. The number of alkyl halides is 12. The third kappa shape index (κ3) is 33.9. The molecular weight excluding hydrogens is 1910 g/mol. The van der Waals surface area contributed by atoms with Crippen molar-refractivity contribution < 1.29 is 217 Å². The number of halogens is 13. The van der Waals surface area contributed by atoms with Crippen LogP contribution in [0.2, 0.25) is 0 Å². The quantitative estimate of drug-likeness (QED) is 0.00798. The molecule has 48 heteroatoms. The Bertz CT molecular complexity index is 4490. The predicted octanol–water partition coefficient (Wildman–Crippen LogP) is 12.2. The minimum absolute atomic E-state index is 0. The Kier molecular flexibility index (Phi) is 42.5. The Morgan fingerprint density at radius 2 is 0.626 bits per heavy atom. The van der Waals surface area contributed by atoms with Crippen LogP contribution in [-0.2, 0) is 123 Å². The third-order valence-electron chi connectivity index (χ3n) is 18.4. The fourth-order valence-corrected chi connectivity index (χ4v) is 18.3. The molecule has 0 aliphatic carbocycles. The summed E-state index contributed by atoms with van der Waals surface area (Å²) in [5.74, 6) is -19.8. The smallest absolute Gasteiger partial charge is 0.743 e. The number of hydrogen-bond donors (Lipinski definition) is 5. The molecule has 29 nitrogen and oxygen atoms in total. The first kappa shape index (κ1) is 116. The van der Waals surface area contributed by atoms with Gasteiger partial charge in [0.2, 0.25) is 0 Å². The van der Waals surface area contributed by atoms with Crippen LogP contribution in [0.1, 0.15) is 102 Å². The van der Waals surface area contributed by atoms with Gasteiger partial charge in [0, 0.05) is 37.7 Å². The Morgan fingerprint density at radius 1 is 0.382 bits per heavy atom. The molecule has 0 saturated carbocycles. The zero-order valence-corrected chi connectivity index (χ0v) is 79.8. The van der Waals surface area contributed by atoms with Gasteiger partial charge in [0.15, 0.2) is 74.2 Å². The van der Waals surface area contributed by atoms with Crippen LogP contribution >= 0.6 is 11.6 Å². The number of aliphatic hydroxyl groups is 3. The van der Waals surface area contributed by atoms with Crippen LogP contribution in [0, 0.1) is 0 Å². The molecule has 6 aliphatic rings. The van der Waals surface area contributed by atoms with Gasteiger partial charge in [-0.15, -0.1) is 0 Å². The van der Waals surface area contributed by atoms with E-state index in [4.69, 9.17) is 97.2 Å². The predicted molar refractivity (Wildman–Crippen MR) is 441 cm³/mol. The second-order valence-corrected chi connectivity index (χ2v) is 40.1. The van der Waals surface area contributed by atoms with Crippen molar-refractivity contribution in [3.8, 4) is 0 Å². The summed E-state index contributed by atoms with van der Waals surface area (Å²) < 4.78 is 318. The van der Waals surface area contributed by atoms with Crippen molar-refractivity contribution in [1.82, 2.24) is 0 Å². The van der Waals surface area contributed by atoms with Gasteiger partial charge in [0.1, 0.15) is 74.8 Å². The van der Waals surface area contributed by atoms with Gasteiger partial charge in [-0.1, -0.05) is 109 Å². The maximum Gasteiger partial charge on any atom is 1.00 e. The molecule has 6 heterocycles. The number of rotatable bonds is 27. The van der Waals surface area contributed by atoms with Gasteiger partial charge >= 0.3 is 94.9 Å². The van der Waals surface area contributed by atoms with Crippen LogP contribution < -0.4 is 29.6 Å². The molecular formula is C83H104ClF12NaO29S5+2. The molecule has 0 radical (unpaired) electrons. The summed E-state index contributed by atoms with van der Waals surface area (Å²) in [6.45, 7) is 17.8. The molecule has 9 unspecified atom stereocenters. The fraction of sp³-hybridized carbons (Fsp3) is 0.542. The van der Waals surface area contributed by atoms with Gasteiger partial charge in [0.25, 0.3) is 0 Å². The fourth-order valence-electron chi connectivity index (χ4n) is 12.6. The van der Waals surface area contributed by atoms with Gasteiger partial charge in [-0.2, -0.15) is 69.5 Å². The molecule has 0 bridgehead atoms. The number of hydrogen-bond acceptors (Lipinski definition) is 27. The number of carbonyl (C=O) groups is 2. The zero-order valence-electron chi connectivity index (χ0n) is 73.0. The SMILES string of the molecule is CC1(C)OCC(C2OC(C)(C)OC2CO)O1.CC1(C)OCC(C2OC(C)(C)OC2COC(=O)Cl)O1.CC1(C)OCC(C2OC(C)(C)OC2COC(=O)OCCC(F)(F)C(F)(F)S(=O)(=O)O)O1.O=S(=O)(O)C(F)(F)C(F)(F)CCO.O=S(=O)([O-])C(F)(F)C(F)(F)CCO.[Na+].c1ccc([S+](c2ccccc2)c2ccccc2)cc1.c1ccc([S+](c2ccccc2)c2ccccc2)cc1. The summed E-state index contributed by atoms with van der Waals surface area (Å²) in [6, 6.07) is 64.3. The minimum Gasteiger partial charge on any atom is -0.743 e. The second kappa shape index (κ2) is 48.1. The van der Waals surface area contributed by atoms with E-state index in [0.29, 0.717) is 13.2 Å². The van der Waals surface area contributed by atoms with Crippen LogP contribution in [0.25, 0.3) is 0 Å². The summed E-state index contributed by atoms with van der Waals surface area (Å²) in [7, 11) is -19.0. The van der Waals surface area contributed by atoms with Crippen molar-refractivity contribution in [3.05, 3.63) is 182 Å². The summed E-state index contributed by atoms with van der Waals surface area (Å²) in [4.78, 5) is 30.5. The average Bonchev–Trinajstić information content (AvgIpc) is 1.60. The normalized spacial score (nSPS) is 23.0. The van der Waals surface area contributed by atoms with Crippen LogP contribution in [0.4, 0.5) is 62.3 Å². The maximum atomic E-state index is 13.4. The Hall–Kier alpha value is -5.66. The van der Waals surface area contributed by atoms with Gasteiger partial charge in [-0.05, 0) is 156 Å². The molecule has 0 spiro atoms. The molecule has 6 aromatic carbocycles. The van der Waals surface area contributed by atoms with E-state index in [2.05, 4.69) is 187 Å². The van der Waals surface area contributed by atoms with Crippen molar-refractivity contribution in [2.24, 2.45) is 0 Å². The maximum absolute atomic E-state index is 13.4. The number of aliphatic hydroxyl groups excluding tert-OH is 3.